The van der Waals surface area contributed by atoms with Gasteiger partial charge in [-0.15, -0.1) is 10.2 Å². The molecule has 3 atom stereocenters. The van der Waals surface area contributed by atoms with Gasteiger partial charge >= 0.3 is 6.18 Å². The van der Waals surface area contributed by atoms with Crippen molar-refractivity contribution in [3.05, 3.63) is 5.01 Å². The van der Waals surface area contributed by atoms with Crippen LogP contribution in [0.25, 0.3) is 0 Å². The Morgan fingerprint density at radius 2 is 2.00 bits per heavy atom. The molecular formula is C11H15F3N4S. The molecule has 0 spiro atoms. The lowest BCUT2D eigenvalue weighted by molar-refractivity contribution is -0.138. The number of hydrogen-bond donors (Lipinski definition) is 1. The van der Waals surface area contributed by atoms with Crippen LogP contribution < -0.4 is 10.6 Å². The summed E-state index contributed by atoms with van der Waals surface area (Å²) in [6.07, 6.45) is -1.17. The highest BCUT2D eigenvalue weighted by atomic mass is 32.1. The maximum absolute atomic E-state index is 12.5. The maximum Gasteiger partial charge on any atom is 0.445 e. The van der Waals surface area contributed by atoms with Crippen LogP contribution in [0.4, 0.5) is 18.3 Å². The minimum atomic E-state index is -4.40. The van der Waals surface area contributed by atoms with E-state index in [0.29, 0.717) is 34.8 Å². The van der Waals surface area contributed by atoms with Gasteiger partial charge in [0.25, 0.3) is 0 Å². The van der Waals surface area contributed by atoms with E-state index in [1.54, 1.807) is 0 Å². The number of hydrogen-bond acceptors (Lipinski definition) is 5. The highest BCUT2D eigenvalue weighted by Gasteiger charge is 2.41. The first-order valence-electron chi connectivity index (χ1n) is 6.36. The van der Waals surface area contributed by atoms with Crippen LogP contribution in [-0.2, 0) is 6.18 Å². The number of aromatic nitrogens is 2. The molecule has 0 aromatic carbocycles. The molecule has 2 heterocycles. The van der Waals surface area contributed by atoms with Crippen molar-refractivity contribution in [1.29, 1.82) is 0 Å². The Morgan fingerprint density at radius 1 is 1.21 bits per heavy atom. The molecule has 0 bridgehead atoms. The summed E-state index contributed by atoms with van der Waals surface area (Å²) in [4.78, 5) is 1.91. The summed E-state index contributed by atoms with van der Waals surface area (Å²) >= 11 is 0.622. The number of anilines is 1. The number of rotatable bonds is 1. The number of nitrogens with two attached hydrogens (primary N) is 1. The number of alkyl halides is 3. The van der Waals surface area contributed by atoms with Gasteiger partial charge in [-0.2, -0.15) is 13.2 Å². The van der Waals surface area contributed by atoms with Crippen LogP contribution in [0.2, 0.25) is 0 Å². The standard InChI is InChI=1S/C11H15F3N4S/c12-11(13,14)9-16-17-10(19-9)18-4-6-2-1-3-8(15)7(6)5-18/h6-8H,1-5,15H2. The summed E-state index contributed by atoms with van der Waals surface area (Å²) in [5, 5.41) is 6.42. The Labute approximate surface area is 112 Å². The molecule has 0 radical (unpaired) electrons. The van der Waals surface area contributed by atoms with Crippen LogP contribution in [0.3, 0.4) is 0 Å². The maximum atomic E-state index is 12.5. The van der Waals surface area contributed by atoms with Crippen molar-refractivity contribution in [2.45, 2.75) is 31.5 Å². The van der Waals surface area contributed by atoms with Crippen molar-refractivity contribution in [3.63, 3.8) is 0 Å². The van der Waals surface area contributed by atoms with Crippen molar-refractivity contribution in [1.82, 2.24) is 10.2 Å². The first kappa shape index (κ1) is 13.1. The summed E-state index contributed by atoms with van der Waals surface area (Å²) in [5.74, 6) is 0.869. The molecular weight excluding hydrogens is 277 g/mol. The third-order valence-corrected chi connectivity index (χ3v) is 5.11. The van der Waals surface area contributed by atoms with Gasteiger partial charge in [-0.05, 0) is 24.7 Å². The highest BCUT2D eigenvalue weighted by Crippen LogP contribution is 2.40. The molecule has 1 saturated heterocycles. The van der Waals surface area contributed by atoms with Gasteiger partial charge in [0.2, 0.25) is 10.1 Å². The van der Waals surface area contributed by atoms with E-state index in [9.17, 15) is 13.2 Å². The minimum absolute atomic E-state index is 0.166. The molecule has 4 nitrogen and oxygen atoms in total. The first-order chi connectivity index (χ1) is 8.95. The average molecular weight is 292 g/mol. The molecule has 8 heteroatoms. The molecule has 106 valence electrons. The quantitative estimate of drug-likeness (QED) is 0.861. The lowest BCUT2D eigenvalue weighted by Crippen LogP contribution is -2.38. The Balaban J connectivity index is 1.75. The van der Waals surface area contributed by atoms with Crippen LogP contribution in [0.15, 0.2) is 0 Å². The molecule has 1 aliphatic heterocycles. The van der Waals surface area contributed by atoms with Crippen LogP contribution in [-0.4, -0.2) is 29.3 Å². The van der Waals surface area contributed by atoms with Crippen molar-refractivity contribution in [2.75, 3.05) is 18.0 Å². The van der Waals surface area contributed by atoms with Gasteiger partial charge in [-0.25, -0.2) is 0 Å². The smallest absolute Gasteiger partial charge is 0.346 e. The third-order valence-electron chi connectivity index (χ3n) is 4.08. The van der Waals surface area contributed by atoms with Crippen molar-refractivity contribution < 1.29 is 13.2 Å². The summed E-state index contributed by atoms with van der Waals surface area (Å²) in [6, 6.07) is 0.166. The van der Waals surface area contributed by atoms with Crippen molar-refractivity contribution >= 4 is 16.5 Å². The van der Waals surface area contributed by atoms with Crippen LogP contribution in [0.1, 0.15) is 24.3 Å². The van der Waals surface area contributed by atoms with Gasteiger partial charge < -0.3 is 10.6 Å². The zero-order valence-corrected chi connectivity index (χ0v) is 11.0. The largest absolute Gasteiger partial charge is 0.445 e. The molecule has 1 aromatic heterocycles. The van der Waals surface area contributed by atoms with E-state index in [1.807, 2.05) is 4.90 Å². The second-order valence-corrected chi connectivity index (χ2v) is 6.27. The molecule has 1 saturated carbocycles. The SMILES string of the molecule is NC1CCCC2CN(c3nnc(C(F)(F)F)s3)CC12. The molecule has 3 rings (SSSR count). The van der Waals surface area contributed by atoms with E-state index in [-0.39, 0.29) is 6.04 Å². The summed E-state index contributed by atoms with van der Waals surface area (Å²) in [7, 11) is 0. The second-order valence-electron chi connectivity index (χ2n) is 5.31. The van der Waals surface area contributed by atoms with Gasteiger partial charge in [0.05, 0.1) is 0 Å². The van der Waals surface area contributed by atoms with E-state index in [2.05, 4.69) is 10.2 Å². The Morgan fingerprint density at radius 3 is 2.63 bits per heavy atom. The minimum Gasteiger partial charge on any atom is -0.346 e. The normalized spacial score (nSPS) is 31.6. The molecule has 2 fully saturated rings. The molecule has 3 unspecified atom stereocenters. The van der Waals surface area contributed by atoms with Gasteiger partial charge in [-0.1, -0.05) is 17.8 Å². The molecule has 2 N–H and O–H groups in total. The predicted molar refractivity (Wildman–Crippen MR) is 65.9 cm³/mol. The number of nitrogens with zero attached hydrogens (tertiary/aromatic N) is 3. The fraction of sp³-hybridized carbons (Fsp3) is 0.818. The van der Waals surface area contributed by atoms with E-state index in [4.69, 9.17) is 5.73 Å². The molecule has 0 amide bonds. The third kappa shape index (κ3) is 2.43. The number of fused-ring (bicyclic) bond motifs is 1. The Kier molecular flexibility index (Phi) is 3.17. The predicted octanol–water partition coefficient (Wildman–Crippen LogP) is 2.12. The zero-order valence-electron chi connectivity index (χ0n) is 10.2. The Hall–Kier alpha value is -0.890. The van der Waals surface area contributed by atoms with Gasteiger partial charge in [0.1, 0.15) is 0 Å². The zero-order chi connectivity index (χ0) is 13.6. The van der Waals surface area contributed by atoms with E-state index in [0.717, 1.165) is 25.8 Å². The highest BCUT2D eigenvalue weighted by molar-refractivity contribution is 7.15. The van der Waals surface area contributed by atoms with E-state index >= 15 is 0 Å². The number of halogens is 3. The van der Waals surface area contributed by atoms with Crippen molar-refractivity contribution in [2.24, 2.45) is 17.6 Å². The summed E-state index contributed by atoms with van der Waals surface area (Å²) in [5.41, 5.74) is 6.10. The fourth-order valence-corrected chi connectivity index (χ4v) is 3.86. The van der Waals surface area contributed by atoms with Crippen LogP contribution in [0, 0.1) is 11.8 Å². The fourth-order valence-electron chi connectivity index (χ4n) is 3.13. The lowest BCUT2D eigenvalue weighted by Gasteiger charge is -2.29. The van der Waals surface area contributed by atoms with Crippen LogP contribution >= 0.6 is 11.3 Å². The average Bonchev–Trinajstić information content (AvgIpc) is 2.94. The Bertz CT molecular complexity index is 461. The van der Waals surface area contributed by atoms with Crippen molar-refractivity contribution in [3.8, 4) is 0 Å². The second kappa shape index (κ2) is 4.59. The van der Waals surface area contributed by atoms with Crippen LogP contribution in [0.5, 0.6) is 0 Å². The lowest BCUT2D eigenvalue weighted by atomic mass is 9.78. The molecule has 1 aromatic rings. The molecule has 19 heavy (non-hydrogen) atoms. The van der Waals surface area contributed by atoms with E-state index in [1.165, 1.54) is 0 Å². The monoisotopic (exact) mass is 292 g/mol. The topological polar surface area (TPSA) is 55.0 Å². The summed E-state index contributed by atoms with van der Waals surface area (Å²) < 4.78 is 37.5. The first-order valence-corrected chi connectivity index (χ1v) is 7.18. The summed E-state index contributed by atoms with van der Waals surface area (Å²) in [6.45, 7) is 1.46. The van der Waals surface area contributed by atoms with E-state index < -0.39 is 11.2 Å². The van der Waals surface area contributed by atoms with Gasteiger partial charge in [-0.3, -0.25) is 0 Å². The van der Waals surface area contributed by atoms with Gasteiger partial charge in [0, 0.05) is 19.1 Å². The van der Waals surface area contributed by atoms with Gasteiger partial charge in [0.15, 0.2) is 0 Å². The molecule has 1 aliphatic carbocycles. The molecule has 2 aliphatic rings.